The minimum Gasteiger partial charge on any atom is -0.508 e. The molecule has 1 fully saturated rings. The van der Waals surface area contributed by atoms with Crippen molar-refractivity contribution in [1.82, 2.24) is 41.8 Å². The topological polar surface area (TPSA) is 300 Å². The molecule has 2 heterocycles. The van der Waals surface area contributed by atoms with E-state index in [1.165, 1.54) is 30.2 Å². The summed E-state index contributed by atoms with van der Waals surface area (Å²) in [6.45, 7) is 3.14. The number of halogens is 6. The van der Waals surface area contributed by atoms with E-state index >= 15 is 0 Å². The Kier molecular flexibility index (Phi) is 23.4. The van der Waals surface area contributed by atoms with Crippen molar-refractivity contribution in [3.8, 4) is 5.75 Å². The molecule has 0 bridgehead atoms. The fourth-order valence-corrected chi connectivity index (χ4v) is 10.2. The van der Waals surface area contributed by atoms with Gasteiger partial charge in [-0.15, -0.1) is 0 Å². The van der Waals surface area contributed by atoms with E-state index in [0.29, 0.717) is 39.7 Å². The number of hydrogen-bond acceptors (Lipinski definition) is 12. The number of phenols is 1. The van der Waals surface area contributed by atoms with Crippen LogP contribution < -0.4 is 37.6 Å². The molecule has 0 spiro atoms. The van der Waals surface area contributed by atoms with E-state index in [9.17, 15) is 74.0 Å². The van der Waals surface area contributed by atoms with Gasteiger partial charge in [-0.05, 0) is 104 Å². The number of hydrogen-bond donors (Lipinski definition) is 9. The number of aromatic nitrogens is 1. The van der Waals surface area contributed by atoms with Crippen molar-refractivity contribution >= 4 is 69.0 Å². The number of fused-ring (bicyclic) bond motifs is 1. The van der Waals surface area contributed by atoms with E-state index in [0.717, 1.165) is 0 Å². The third-order valence-electron chi connectivity index (χ3n) is 14.1. The quantitative estimate of drug-likeness (QED) is 0.0262. The lowest BCUT2D eigenvalue weighted by Crippen LogP contribution is -2.59. The molecule has 7 amide bonds. The summed E-state index contributed by atoms with van der Waals surface area (Å²) in [5, 5.41) is 25.6. The molecule has 6 rings (SSSR count). The molecule has 1 aromatic heterocycles. The maximum Gasteiger partial charge on any atom is 0.416 e. The summed E-state index contributed by atoms with van der Waals surface area (Å²) in [6.07, 6.45) is -7.60. The van der Waals surface area contributed by atoms with Crippen LogP contribution in [-0.2, 0) is 92.1 Å². The zero-order valence-electron chi connectivity index (χ0n) is 47.4. The van der Waals surface area contributed by atoms with Gasteiger partial charge in [0, 0.05) is 59.3 Å². The molecule has 1 aliphatic heterocycles. The number of benzene rings is 4. The summed E-state index contributed by atoms with van der Waals surface area (Å²) < 4.78 is 100. The summed E-state index contributed by atoms with van der Waals surface area (Å²) in [6, 6.07) is 12.9. The Bertz CT molecular complexity index is 3200. The van der Waals surface area contributed by atoms with Gasteiger partial charge in [-0.25, -0.2) is 4.79 Å². The van der Waals surface area contributed by atoms with Gasteiger partial charge in [-0.3, -0.25) is 37.8 Å². The fraction of sp³-hybridized carbons (Fsp3) is 0.424. The molecule has 8 atom stereocenters. The summed E-state index contributed by atoms with van der Waals surface area (Å²) >= 11 is 0. The number of nitrogens with two attached hydrogens (primary N) is 1. The van der Waals surface area contributed by atoms with Crippen molar-refractivity contribution in [3.05, 3.63) is 137 Å². The predicted octanol–water partition coefficient (Wildman–Crippen LogP) is 4.38. The molecule has 1 saturated heterocycles. The van der Waals surface area contributed by atoms with Crippen LogP contribution in [0.4, 0.5) is 26.3 Å². The molecule has 464 valence electrons. The Morgan fingerprint density at radius 1 is 0.709 bits per heavy atom. The number of carbonyl (C=O) groups is 8. The molecule has 20 nitrogen and oxygen atoms in total. The van der Waals surface area contributed by atoms with Gasteiger partial charge in [-0.2, -0.15) is 26.3 Å². The highest BCUT2D eigenvalue weighted by Gasteiger charge is 2.41. The van der Waals surface area contributed by atoms with Gasteiger partial charge in [0.25, 0.3) is 0 Å². The summed E-state index contributed by atoms with van der Waals surface area (Å²) in [5.41, 5.74) is 4.49. The molecule has 0 radical (unpaired) electrons. The molecule has 10 N–H and O–H groups in total. The van der Waals surface area contributed by atoms with E-state index in [4.69, 9.17) is 10.5 Å². The maximum absolute atomic E-state index is 14.6. The average Bonchev–Trinajstić information content (AvgIpc) is 2.42. The minimum absolute atomic E-state index is 0.00152. The smallest absolute Gasteiger partial charge is 0.416 e. The number of nitrogens with one attached hydrogen (secondary N) is 7. The number of aromatic amines is 1. The standard InChI is InChI=1S/C59H69F6N9O11S/c1-33(2)23-46(53(79)73-48(28-38-30-67-44-14-9-8-13-42(38)44)57(83)85-32-37-24-39(58(60,61)62)29-40(25-37)59(63,64)65)72-55(81)49-15-10-21-74(49)56(82)45(20-22-86(4)84)71-54(80)47(27-35-11-6-5-7-12-35)70-50(76)31-68-51(77)34(3)69-52(78)43(66)26-36-16-18-41(75)19-17-36/h5-9,11-14,16-19,24-25,29-30,33-34,43,45-49,67,75H,10,15,20-23,26-28,31-32,66H2,1-4H3,(H,68,77)(H,69,78)(H,70,76)(H,71,80)(H,72,81)(H,73,79)/t34-,43+,45+,46+,47+,48+,49+,86?/m1/s1. The zero-order chi connectivity index (χ0) is 63.0. The van der Waals surface area contributed by atoms with Crippen LogP contribution in [0.1, 0.15) is 79.8 Å². The highest BCUT2D eigenvalue weighted by molar-refractivity contribution is 7.84. The first-order valence-electron chi connectivity index (χ1n) is 27.5. The SMILES string of the molecule is CC(C)C[C@H](NC(=O)[C@@H]1CCCN1C(=O)[C@H](CCS(C)=O)NC(=O)[C@H](Cc1ccccc1)NC(=O)CNC(=O)[C@@H](C)NC(=O)[C@@H](N)Cc1ccc(O)cc1)C(=O)N[C@@H](Cc1c[nH]c2ccccc12)C(=O)OCc1cc(C(F)(F)F)cc(C(F)(F)F)c1. The number of phenolic OH excluding ortho intramolecular Hbond substituents is 1. The predicted molar refractivity (Wildman–Crippen MR) is 304 cm³/mol. The minimum atomic E-state index is -5.18. The van der Waals surface area contributed by atoms with Gasteiger partial charge in [0.15, 0.2) is 0 Å². The Labute approximate surface area is 493 Å². The monoisotopic (exact) mass is 1230 g/mol. The van der Waals surface area contributed by atoms with Gasteiger partial charge in [0.05, 0.1) is 23.7 Å². The second kappa shape index (κ2) is 30.1. The van der Waals surface area contributed by atoms with Crippen molar-refractivity contribution < 1.29 is 78.8 Å². The van der Waals surface area contributed by atoms with Gasteiger partial charge >= 0.3 is 18.3 Å². The van der Waals surface area contributed by atoms with Gasteiger partial charge in [0.2, 0.25) is 41.4 Å². The van der Waals surface area contributed by atoms with E-state index < -0.39 is 143 Å². The highest BCUT2D eigenvalue weighted by atomic mass is 32.2. The number of aromatic hydroxyl groups is 1. The molecule has 4 aromatic carbocycles. The molecule has 86 heavy (non-hydrogen) atoms. The second-order valence-corrected chi connectivity index (χ2v) is 22.9. The Hall–Kier alpha value is -8.33. The summed E-state index contributed by atoms with van der Waals surface area (Å²) in [4.78, 5) is 115. The van der Waals surface area contributed by atoms with Gasteiger partial charge in [0.1, 0.15) is 48.6 Å². The average molecular weight is 1230 g/mol. The van der Waals surface area contributed by atoms with Crippen LogP contribution >= 0.6 is 0 Å². The van der Waals surface area contributed by atoms with Crippen molar-refractivity contribution in [2.24, 2.45) is 11.7 Å². The number of nitrogens with zero attached hydrogens (tertiary/aromatic N) is 1. The number of rotatable bonds is 27. The summed E-state index contributed by atoms with van der Waals surface area (Å²) in [5.74, 6) is -7.17. The van der Waals surface area contributed by atoms with Crippen molar-refractivity contribution in [3.63, 3.8) is 0 Å². The number of carbonyl (C=O) groups excluding carboxylic acids is 8. The van der Waals surface area contributed by atoms with Crippen molar-refractivity contribution in [2.45, 2.75) is 127 Å². The van der Waals surface area contributed by atoms with Crippen LogP contribution in [0.5, 0.6) is 5.75 Å². The lowest BCUT2D eigenvalue weighted by Gasteiger charge is -2.31. The first kappa shape index (κ1) is 66.8. The van der Waals surface area contributed by atoms with Crippen LogP contribution in [0.3, 0.4) is 0 Å². The third-order valence-corrected chi connectivity index (χ3v) is 14.9. The Morgan fingerprint density at radius 2 is 1.33 bits per heavy atom. The van der Waals surface area contributed by atoms with Crippen molar-refractivity contribution in [1.29, 1.82) is 0 Å². The number of H-pyrrole nitrogens is 1. The first-order chi connectivity index (χ1) is 40.6. The second-order valence-electron chi connectivity index (χ2n) is 21.4. The van der Waals surface area contributed by atoms with Gasteiger partial charge < -0.3 is 57.4 Å². The molecule has 0 aliphatic carbocycles. The normalized spacial score (nSPS) is 16.0. The molecule has 27 heteroatoms. The Morgan fingerprint density at radius 3 is 1.97 bits per heavy atom. The van der Waals surface area contributed by atoms with Crippen molar-refractivity contribution in [2.75, 3.05) is 25.1 Å². The van der Waals surface area contributed by atoms with E-state index in [1.807, 2.05) is 0 Å². The number of alkyl halides is 6. The van der Waals surface area contributed by atoms with Crippen LogP contribution in [0.2, 0.25) is 0 Å². The summed E-state index contributed by atoms with van der Waals surface area (Å²) in [7, 11) is -1.50. The number of ether oxygens (including phenoxy) is 1. The molecule has 5 aromatic rings. The highest BCUT2D eigenvalue weighted by Crippen LogP contribution is 2.37. The number of likely N-dealkylation sites (tertiary alicyclic amines) is 1. The zero-order valence-corrected chi connectivity index (χ0v) is 48.3. The largest absolute Gasteiger partial charge is 0.508 e. The van der Waals surface area contributed by atoms with E-state index in [2.05, 4.69) is 36.9 Å². The first-order valence-corrected chi connectivity index (χ1v) is 29.2. The number of amides is 7. The molecular formula is C59H69F6N9O11S. The van der Waals surface area contributed by atoms with Crippen LogP contribution in [0, 0.1) is 5.92 Å². The van der Waals surface area contributed by atoms with Crippen LogP contribution in [0.25, 0.3) is 10.9 Å². The maximum atomic E-state index is 14.6. The molecule has 1 unspecified atom stereocenters. The van der Waals surface area contributed by atoms with Crippen LogP contribution in [0.15, 0.2) is 103 Å². The lowest BCUT2D eigenvalue weighted by molar-refractivity contribution is -0.149. The van der Waals surface area contributed by atoms with Gasteiger partial charge in [-0.1, -0.05) is 74.5 Å². The number of para-hydroxylation sites is 1. The Balaban J connectivity index is 1.15. The third kappa shape index (κ3) is 19.6. The van der Waals surface area contributed by atoms with E-state index in [-0.39, 0.29) is 75.0 Å². The molecular weight excluding hydrogens is 1160 g/mol. The van der Waals surface area contributed by atoms with Crippen LogP contribution in [-0.4, -0.2) is 134 Å². The number of esters is 1. The van der Waals surface area contributed by atoms with E-state index in [1.54, 1.807) is 86.8 Å². The molecule has 1 aliphatic rings. The molecule has 0 saturated carbocycles. The lowest BCUT2D eigenvalue weighted by atomic mass is 10.0. The fourth-order valence-electron chi connectivity index (χ4n) is 9.62.